The summed E-state index contributed by atoms with van der Waals surface area (Å²) < 4.78 is 12.4. The van der Waals surface area contributed by atoms with Gasteiger partial charge in [-0.15, -0.1) is 11.3 Å². The van der Waals surface area contributed by atoms with Gasteiger partial charge in [0.2, 0.25) is 0 Å². The Kier molecular flexibility index (Phi) is 3.54. The zero-order valence-electron chi connectivity index (χ0n) is 7.53. The highest BCUT2D eigenvalue weighted by Gasteiger charge is 2.21. The van der Waals surface area contributed by atoms with E-state index < -0.39 is 10.8 Å². The van der Waals surface area contributed by atoms with E-state index >= 15 is 0 Å². The number of aromatic nitrogens is 1. The predicted octanol–water partition coefficient (Wildman–Crippen LogP) is 1.41. The maximum Gasteiger partial charge on any atom is 0.183 e. The smallest absolute Gasteiger partial charge is 0.183 e. The fourth-order valence-electron chi connectivity index (χ4n) is 1.46. The zero-order valence-corrected chi connectivity index (χ0v) is 9.92. The van der Waals surface area contributed by atoms with E-state index in [-0.39, 0.29) is 0 Å². The van der Waals surface area contributed by atoms with Crippen molar-refractivity contribution in [2.24, 2.45) is 0 Å². The van der Waals surface area contributed by atoms with Gasteiger partial charge in [0.15, 0.2) is 4.47 Å². The lowest BCUT2D eigenvalue weighted by molar-refractivity contribution is 0.672. The molecule has 0 aliphatic carbocycles. The molecule has 3 nitrogen and oxygen atoms in total. The number of rotatable bonds is 3. The van der Waals surface area contributed by atoms with Crippen LogP contribution >= 0.6 is 22.9 Å². The Labute approximate surface area is 94.3 Å². The van der Waals surface area contributed by atoms with Crippen molar-refractivity contribution < 1.29 is 4.21 Å². The molecule has 1 saturated heterocycles. The van der Waals surface area contributed by atoms with Gasteiger partial charge in [-0.1, -0.05) is 11.6 Å². The van der Waals surface area contributed by atoms with Crippen molar-refractivity contribution in [2.45, 2.75) is 17.4 Å². The number of thiazole rings is 1. The van der Waals surface area contributed by atoms with Gasteiger partial charge in [0, 0.05) is 33.7 Å². The van der Waals surface area contributed by atoms with Gasteiger partial charge in [-0.3, -0.25) is 4.21 Å². The van der Waals surface area contributed by atoms with Crippen LogP contribution in [0.3, 0.4) is 0 Å². The Balaban J connectivity index is 1.93. The van der Waals surface area contributed by atoms with Gasteiger partial charge in [0.1, 0.15) is 0 Å². The second-order valence-electron chi connectivity index (χ2n) is 3.22. The summed E-state index contributed by atoms with van der Waals surface area (Å²) in [6.45, 7) is 1.86. The molecule has 6 heteroatoms. The first-order valence-electron chi connectivity index (χ1n) is 4.44. The molecule has 2 atom stereocenters. The van der Waals surface area contributed by atoms with E-state index in [1.807, 2.05) is 0 Å². The Morgan fingerprint density at radius 1 is 1.79 bits per heavy atom. The summed E-state index contributed by atoms with van der Waals surface area (Å²) in [5, 5.41) is 3.51. The van der Waals surface area contributed by atoms with Gasteiger partial charge in [-0.05, 0) is 13.0 Å². The number of nitrogens with zero attached hydrogens (tertiary/aromatic N) is 1. The van der Waals surface area contributed by atoms with Gasteiger partial charge >= 0.3 is 0 Å². The van der Waals surface area contributed by atoms with Gasteiger partial charge < -0.3 is 5.32 Å². The summed E-state index contributed by atoms with van der Waals surface area (Å²) in [6, 6.07) is 0. The molecule has 0 bridgehead atoms. The van der Waals surface area contributed by atoms with E-state index in [2.05, 4.69) is 10.3 Å². The average Bonchev–Trinajstić information content (AvgIpc) is 2.75. The van der Waals surface area contributed by atoms with Crippen LogP contribution in [-0.2, 0) is 16.6 Å². The molecule has 1 N–H and O–H groups in total. The summed E-state index contributed by atoms with van der Waals surface area (Å²) in [5.41, 5.74) is 0. The molecule has 1 fully saturated rings. The number of nitrogens with one attached hydrogen (secondary N) is 1. The van der Waals surface area contributed by atoms with Gasteiger partial charge in [-0.2, -0.15) is 0 Å². The van der Waals surface area contributed by atoms with Crippen molar-refractivity contribution in [3.05, 3.63) is 15.5 Å². The van der Waals surface area contributed by atoms with E-state index in [4.69, 9.17) is 11.6 Å². The fraction of sp³-hybridized carbons (Fsp3) is 0.625. The summed E-state index contributed by atoms with van der Waals surface area (Å²) in [7, 11) is -0.784. The van der Waals surface area contributed by atoms with Crippen molar-refractivity contribution in [1.29, 1.82) is 0 Å². The van der Waals surface area contributed by atoms with E-state index in [1.54, 1.807) is 6.20 Å². The van der Waals surface area contributed by atoms with E-state index in [9.17, 15) is 4.21 Å². The molecule has 2 heterocycles. The third-order valence-corrected chi connectivity index (χ3v) is 5.24. The third-order valence-electron chi connectivity index (χ3n) is 2.20. The maximum absolute atomic E-state index is 11.8. The average molecular weight is 251 g/mol. The standard InChI is InChI=1S/C8H11ClN2OS2/c9-8-11-3-6(13-8)5-14(12)7-1-2-10-4-7/h3,7,10H,1-2,4-5H2/t7-,14-/m0/s1. The Hall–Kier alpha value is 0.0300. The summed E-state index contributed by atoms with van der Waals surface area (Å²) in [4.78, 5) is 4.94. The largest absolute Gasteiger partial charge is 0.315 e. The van der Waals surface area contributed by atoms with Crippen LogP contribution in [0.15, 0.2) is 6.20 Å². The molecule has 1 aromatic heterocycles. The minimum absolute atomic E-state index is 0.302. The minimum Gasteiger partial charge on any atom is -0.315 e. The SMILES string of the molecule is O=[S@@](Cc1cnc(Cl)s1)[C@H]1CCNC1. The topological polar surface area (TPSA) is 42.0 Å². The second kappa shape index (κ2) is 4.70. The molecule has 0 amide bonds. The monoisotopic (exact) mass is 250 g/mol. The molecule has 0 spiro atoms. The van der Waals surface area contributed by atoms with Crippen molar-refractivity contribution >= 4 is 33.7 Å². The van der Waals surface area contributed by atoms with Crippen LogP contribution in [0.2, 0.25) is 4.47 Å². The molecular weight excluding hydrogens is 240 g/mol. The van der Waals surface area contributed by atoms with Crippen LogP contribution in [0, 0.1) is 0 Å². The Bertz CT molecular complexity index is 336. The molecule has 2 rings (SSSR count). The van der Waals surface area contributed by atoms with E-state index in [0.717, 1.165) is 24.4 Å². The van der Waals surface area contributed by atoms with Crippen LogP contribution in [-0.4, -0.2) is 27.5 Å². The fourth-order valence-corrected chi connectivity index (χ4v) is 4.09. The highest BCUT2D eigenvalue weighted by Crippen LogP contribution is 2.21. The second-order valence-corrected chi connectivity index (χ2v) is 6.63. The molecule has 1 aliphatic rings. The first-order valence-corrected chi connectivity index (χ1v) is 7.01. The van der Waals surface area contributed by atoms with Crippen molar-refractivity contribution in [1.82, 2.24) is 10.3 Å². The highest BCUT2D eigenvalue weighted by molar-refractivity contribution is 7.85. The molecule has 0 unspecified atom stereocenters. The number of hydrogen-bond donors (Lipinski definition) is 1. The van der Waals surface area contributed by atoms with Gasteiger partial charge in [-0.25, -0.2) is 4.98 Å². The lowest BCUT2D eigenvalue weighted by Crippen LogP contribution is -2.19. The molecule has 0 saturated carbocycles. The summed E-state index contributed by atoms with van der Waals surface area (Å²) in [5.74, 6) is 0.594. The maximum atomic E-state index is 11.8. The molecule has 0 aromatic carbocycles. The molecular formula is C8H11ClN2OS2. The first kappa shape index (κ1) is 10.5. The van der Waals surface area contributed by atoms with Crippen molar-refractivity contribution in [3.8, 4) is 0 Å². The van der Waals surface area contributed by atoms with Crippen LogP contribution < -0.4 is 5.32 Å². The van der Waals surface area contributed by atoms with Gasteiger partial charge in [0.25, 0.3) is 0 Å². The number of halogens is 1. The highest BCUT2D eigenvalue weighted by atomic mass is 35.5. The Morgan fingerprint density at radius 3 is 3.21 bits per heavy atom. The van der Waals surface area contributed by atoms with Crippen LogP contribution in [0.25, 0.3) is 0 Å². The Morgan fingerprint density at radius 2 is 2.64 bits per heavy atom. The summed E-state index contributed by atoms with van der Waals surface area (Å²) >= 11 is 7.12. The minimum atomic E-state index is -0.784. The lowest BCUT2D eigenvalue weighted by atomic mass is 10.4. The van der Waals surface area contributed by atoms with Crippen LogP contribution in [0.5, 0.6) is 0 Å². The lowest BCUT2D eigenvalue weighted by Gasteiger charge is -2.06. The van der Waals surface area contributed by atoms with Crippen molar-refractivity contribution in [2.75, 3.05) is 13.1 Å². The van der Waals surface area contributed by atoms with Gasteiger partial charge in [0.05, 0.1) is 5.75 Å². The zero-order chi connectivity index (χ0) is 9.97. The quantitative estimate of drug-likeness (QED) is 0.882. The molecule has 1 aliphatic heterocycles. The molecule has 0 radical (unpaired) electrons. The summed E-state index contributed by atoms with van der Waals surface area (Å²) in [6.07, 6.45) is 2.73. The van der Waals surface area contributed by atoms with E-state index in [0.29, 0.717) is 15.5 Å². The predicted molar refractivity (Wildman–Crippen MR) is 60.2 cm³/mol. The first-order chi connectivity index (χ1) is 6.75. The normalized spacial score (nSPS) is 23.9. The van der Waals surface area contributed by atoms with Crippen LogP contribution in [0.1, 0.15) is 11.3 Å². The van der Waals surface area contributed by atoms with Crippen molar-refractivity contribution in [3.63, 3.8) is 0 Å². The molecule has 1 aromatic rings. The third kappa shape index (κ3) is 2.53. The van der Waals surface area contributed by atoms with E-state index in [1.165, 1.54) is 11.3 Å². The number of hydrogen-bond acceptors (Lipinski definition) is 4. The molecule has 14 heavy (non-hydrogen) atoms. The molecule has 78 valence electrons. The van der Waals surface area contributed by atoms with Crippen LogP contribution in [0.4, 0.5) is 0 Å².